The fourth-order valence-corrected chi connectivity index (χ4v) is 2.15. The molecule has 0 saturated carbocycles. The van der Waals surface area contributed by atoms with Crippen LogP contribution in [-0.2, 0) is 7.05 Å². The van der Waals surface area contributed by atoms with Gasteiger partial charge in [0.1, 0.15) is 11.5 Å². The highest BCUT2D eigenvalue weighted by atomic mass is 35.5. The Morgan fingerprint density at radius 1 is 1.15 bits per heavy atom. The second-order valence-corrected chi connectivity index (χ2v) is 4.34. The van der Waals surface area contributed by atoms with E-state index in [0.717, 1.165) is 43.4 Å². The molecule has 1 saturated heterocycles. The maximum atomic E-state index is 4.67. The molecule has 0 spiro atoms. The molecule has 1 N–H and O–H groups in total. The number of piperazine rings is 1. The average molecular weight is 317 g/mol. The number of hydrogen-bond donors (Lipinski definition) is 1. The van der Waals surface area contributed by atoms with Crippen molar-refractivity contribution in [2.45, 2.75) is 0 Å². The van der Waals surface area contributed by atoms with Gasteiger partial charge in [0.2, 0.25) is 0 Å². The van der Waals surface area contributed by atoms with Crippen molar-refractivity contribution in [3.05, 3.63) is 24.7 Å². The lowest BCUT2D eigenvalue weighted by Crippen LogP contribution is -2.43. The number of hydrogen-bond acceptors (Lipinski definition) is 5. The lowest BCUT2D eigenvalue weighted by molar-refractivity contribution is 0.584. The van der Waals surface area contributed by atoms with Crippen molar-refractivity contribution < 1.29 is 0 Å². The van der Waals surface area contributed by atoms with Gasteiger partial charge in [-0.15, -0.1) is 24.8 Å². The summed E-state index contributed by atoms with van der Waals surface area (Å²) in [4.78, 5) is 11.2. The van der Waals surface area contributed by atoms with Crippen molar-refractivity contribution in [3.63, 3.8) is 0 Å². The first-order chi connectivity index (χ1) is 8.84. The Labute approximate surface area is 130 Å². The number of nitrogens with zero attached hydrogens (tertiary/aromatic N) is 5. The van der Waals surface area contributed by atoms with Crippen molar-refractivity contribution >= 4 is 30.6 Å². The molecule has 0 aromatic carbocycles. The Morgan fingerprint density at radius 2 is 1.90 bits per heavy atom. The summed E-state index contributed by atoms with van der Waals surface area (Å²) in [7, 11) is 1.91. The molecule has 3 rings (SSSR count). The predicted octanol–water partition coefficient (Wildman–Crippen LogP) is 1.13. The zero-order valence-electron chi connectivity index (χ0n) is 11.2. The van der Waals surface area contributed by atoms with Gasteiger partial charge in [-0.3, -0.25) is 9.67 Å². The van der Waals surface area contributed by atoms with Gasteiger partial charge in [0, 0.05) is 39.4 Å². The van der Waals surface area contributed by atoms with Crippen LogP contribution in [-0.4, -0.2) is 45.9 Å². The van der Waals surface area contributed by atoms with Crippen molar-refractivity contribution in [1.29, 1.82) is 0 Å². The van der Waals surface area contributed by atoms with Gasteiger partial charge in [0.25, 0.3) is 0 Å². The third-order valence-electron chi connectivity index (χ3n) is 3.15. The summed E-state index contributed by atoms with van der Waals surface area (Å²) in [5.41, 5.74) is 1.85. The molecule has 0 unspecified atom stereocenters. The van der Waals surface area contributed by atoms with E-state index in [4.69, 9.17) is 0 Å². The molecule has 1 fully saturated rings. The van der Waals surface area contributed by atoms with E-state index in [9.17, 15) is 0 Å². The lowest BCUT2D eigenvalue weighted by atomic mass is 10.3. The molecule has 0 atom stereocenters. The van der Waals surface area contributed by atoms with Gasteiger partial charge in [0.15, 0.2) is 0 Å². The minimum absolute atomic E-state index is 0. The number of aryl methyl sites for hydroxylation is 1. The molecule has 2 aromatic rings. The van der Waals surface area contributed by atoms with E-state index in [1.165, 1.54) is 0 Å². The number of aromatic nitrogens is 4. The molecule has 3 heterocycles. The molecule has 0 aliphatic carbocycles. The molecule has 2 aromatic heterocycles. The Morgan fingerprint density at radius 3 is 2.55 bits per heavy atom. The molecule has 8 heteroatoms. The minimum atomic E-state index is 0. The molecular weight excluding hydrogens is 299 g/mol. The first-order valence-corrected chi connectivity index (χ1v) is 6.11. The smallest absolute Gasteiger partial charge is 0.147 e. The largest absolute Gasteiger partial charge is 0.353 e. The molecule has 6 nitrogen and oxygen atoms in total. The first kappa shape index (κ1) is 16.7. The molecule has 0 amide bonds. The standard InChI is InChI=1S/C12H16N6.2ClH/c1-17-11(2-3-15-17)10-8-14-9-12(16-10)18-6-4-13-5-7-18;;/h2-3,8-9,13H,4-7H2,1H3;2*1H. The van der Waals surface area contributed by atoms with Crippen LogP contribution in [0.1, 0.15) is 0 Å². The fraction of sp³-hybridized carbons (Fsp3) is 0.417. The number of nitrogens with one attached hydrogen (secondary N) is 1. The van der Waals surface area contributed by atoms with E-state index in [0.29, 0.717) is 0 Å². The van der Waals surface area contributed by atoms with Crippen LogP contribution in [0, 0.1) is 0 Å². The normalized spacial score (nSPS) is 14.3. The van der Waals surface area contributed by atoms with E-state index in [-0.39, 0.29) is 24.8 Å². The van der Waals surface area contributed by atoms with E-state index >= 15 is 0 Å². The topological polar surface area (TPSA) is 58.9 Å². The lowest BCUT2D eigenvalue weighted by Gasteiger charge is -2.28. The Kier molecular flexibility index (Phi) is 6.19. The highest BCUT2D eigenvalue weighted by Gasteiger charge is 2.13. The van der Waals surface area contributed by atoms with Crippen LogP contribution in [0.4, 0.5) is 5.82 Å². The van der Waals surface area contributed by atoms with Gasteiger partial charge in [-0.1, -0.05) is 0 Å². The monoisotopic (exact) mass is 316 g/mol. The summed E-state index contributed by atoms with van der Waals surface area (Å²) in [6.45, 7) is 3.95. The van der Waals surface area contributed by atoms with Gasteiger partial charge >= 0.3 is 0 Å². The van der Waals surface area contributed by atoms with Gasteiger partial charge in [-0.05, 0) is 6.07 Å². The Bertz CT molecular complexity index is 538. The number of rotatable bonds is 2. The number of halogens is 2. The zero-order chi connectivity index (χ0) is 12.4. The molecule has 0 bridgehead atoms. The van der Waals surface area contributed by atoms with E-state index in [2.05, 4.69) is 25.3 Å². The van der Waals surface area contributed by atoms with Crippen molar-refractivity contribution in [2.24, 2.45) is 7.05 Å². The van der Waals surface area contributed by atoms with E-state index in [1.807, 2.05) is 24.0 Å². The quantitative estimate of drug-likeness (QED) is 0.900. The SMILES string of the molecule is Cl.Cl.Cn1nccc1-c1cncc(N2CCNCC2)n1. The highest BCUT2D eigenvalue weighted by Crippen LogP contribution is 2.18. The molecule has 0 radical (unpaired) electrons. The van der Waals surface area contributed by atoms with Crippen molar-refractivity contribution in [3.8, 4) is 11.4 Å². The van der Waals surface area contributed by atoms with Crippen LogP contribution < -0.4 is 10.2 Å². The first-order valence-electron chi connectivity index (χ1n) is 6.11. The van der Waals surface area contributed by atoms with Crippen LogP contribution in [0.15, 0.2) is 24.7 Å². The fourth-order valence-electron chi connectivity index (χ4n) is 2.15. The Hall–Kier alpha value is -1.37. The zero-order valence-corrected chi connectivity index (χ0v) is 12.8. The summed E-state index contributed by atoms with van der Waals surface area (Å²) in [6, 6.07) is 1.95. The van der Waals surface area contributed by atoms with Crippen LogP contribution in [0.3, 0.4) is 0 Å². The maximum absolute atomic E-state index is 4.67. The highest BCUT2D eigenvalue weighted by molar-refractivity contribution is 5.85. The van der Waals surface area contributed by atoms with Crippen LogP contribution in [0.25, 0.3) is 11.4 Å². The maximum Gasteiger partial charge on any atom is 0.147 e. The summed E-state index contributed by atoms with van der Waals surface area (Å²) in [5.74, 6) is 0.940. The van der Waals surface area contributed by atoms with Gasteiger partial charge in [-0.25, -0.2) is 4.98 Å². The average Bonchev–Trinajstić information content (AvgIpc) is 2.86. The van der Waals surface area contributed by atoms with Gasteiger partial charge < -0.3 is 10.2 Å². The molecule has 20 heavy (non-hydrogen) atoms. The molecule has 1 aliphatic rings. The minimum Gasteiger partial charge on any atom is -0.353 e. The number of anilines is 1. The van der Waals surface area contributed by atoms with Crippen LogP contribution in [0.2, 0.25) is 0 Å². The van der Waals surface area contributed by atoms with Crippen LogP contribution >= 0.6 is 24.8 Å². The van der Waals surface area contributed by atoms with Gasteiger partial charge in [-0.2, -0.15) is 5.10 Å². The molecule has 1 aliphatic heterocycles. The second-order valence-electron chi connectivity index (χ2n) is 4.34. The summed E-state index contributed by atoms with van der Waals surface area (Å²) in [5, 5.41) is 7.49. The molecule has 110 valence electrons. The van der Waals surface area contributed by atoms with Crippen LogP contribution in [0.5, 0.6) is 0 Å². The van der Waals surface area contributed by atoms with E-state index in [1.54, 1.807) is 12.4 Å². The third kappa shape index (κ3) is 3.39. The van der Waals surface area contributed by atoms with Crippen molar-refractivity contribution in [1.82, 2.24) is 25.1 Å². The summed E-state index contributed by atoms with van der Waals surface area (Å²) >= 11 is 0. The van der Waals surface area contributed by atoms with Crippen molar-refractivity contribution in [2.75, 3.05) is 31.1 Å². The third-order valence-corrected chi connectivity index (χ3v) is 3.15. The van der Waals surface area contributed by atoms with E-state index < -0.39 is 0 Å². The Balaban J connectivity index is 0.000001000. The summed E-state index contributed by atoms with van der Waals surface area (Å²) in [6.07, 6.45) is 5.38. The second kappa shape index (κ2) is 7.42. The molecular formula is C12H18Cl2N6. The van der Waals surface area contributed by atoms with Gasteiger partial charge in [0.05, 0.1) is 18.1 Å². The summed E-state index contributed by atoms with van der Waals surface area (Å²) < 4.78 is 1.81. The predicted molar refractivity (Wildman–Crippen MR) is 83.8 cm³/mol.